The molecule has 0 aliphatic carbocycles. The second kappa shape index (κ2) is 5.52. The molecule has 2 amide bonds. The zero-order valence-electron chi connectivity index (χ0n) is 12.9. The fourth-order valence-electron chi connectivity index (χ4n) is 3.04. The van der Waals surface area contributed by atoms with Crippen LogP contribution in [0.25, 0.3) is 0 Å². The molecular formula is C15H18N2O4S2. The average Bonchev–Trinajstić information content (AvgIpc) is 2.95. The molecule has 2 fully saturated rings. The molecule has 1 N–H and O–H groups in total. The first-order chi connectivity index (χ1) is 10.7. The molecule has 6 nitrogen and oxygen atoms in total. The molecule has 0 saturated carbocycles. The Balaban J connectivity index is 1.79. The van der Waals surface area contributed by atoms with E-state index in [-0.39, 0.29) is 21.6 Å². The summed E-state index contributed by atoms with van der Waals surface area (Å²) in [5.74, 6) is 0.282. The Morgan fingerprint density at radius 1 is 1.43 bits per heavy atom. The van der Waals surface area contributed by atoms with Gasteiger partial charge >= 0.3 is 0 Å². The molecule has 23 heavy (non-hydrogen) atoms. The normalized spacial score (nSPS) is 27.1. The summed E-state index contributed by atoms with van der Waals surface area (Å²) >= 11 is 1.62. The van der Waals surface area contributed by atoms with Crippen LogP contribution in [-0.2, 0) is 19.4 Å². The lowest BCUT2D eigenvalue weighted by Gasteiger charge is -2.29. The van der Waals surface area contributed by atoms with Gasteiger partial charge in [-0.05, 0) is 31.5 Å². The summed E-state index contributed by atoms with van der Waals surface area (Å²) in [5.41, 5.74) is 0.420. The molecule has 1 aromatic carbocycles. The van der Waals surface area contributed by atoms with E-state index in [2.05, 4.69) is 5.32 Å². The number of carbonyl (C=O) groups is 2. The van der Waals surface area contributed by atoms with Gasteiger partial charge in [0.1, 0.15) is 6.04 Å². The SMILES string of the molecule is CC12CCC(=O)N1C(C(=O)Nc1cccc(S(C)(=O)=O)c1)CS2. The van der Waals surface area contributed by atoms with Crippen LogP contribution < -0.4 is 5.32 Å². The number of rotatable bonds is 3. The van der Waals surface area contributed by atoms with Crippen molar-refractivity contribution < 1.29 is 18.0 Å². The summed E-state index contributed by atoms with van der Waals surface area (Å²) in [7, 11) is -3.33. The molecule has 2 atom stereocenters. The average molecular weight is 354 g/mol. The molecule has 3 rings (SSSR count). The van der Waals surface area contributed by atoms with Gasteiger partial charge < -0.3 is 10.2 Å². The zero-order chi connectivity index (χ0) is 16.8. The van der Waals surface area contributed by atoms with E-state index in [1.807, 2.05) is 6.92 Å². The topological polar surface area (TPSA) is 83.6 Å². The lowest BCUT2D eigenvalue weighted by Crippen LogP contribution is -2.48. The van der Waals surface area contributed by atoms with Crippen molar-refractivity contribution >= 4 is 39.1 Å². The highest BCUT2D eigenvalue weighted by Crippen LogP contribution is 2.47. The summed E-state index contributed by atoms with van der Waals surface area (Å²) in [4.78, 5) is 26.1. The maximum absolute atomic E-state index is 12.5. The quantitative estimate of drug-likeness (QED) is 0.889. The van der Waals surface area contributed by atoms with Crippen LogP contribution in [0, 0.1) is 0 Å². The zero-order valence-corrected chi connectivity index (χ0v) is 14.5. The molecule has 124 valence electrons. The van der Waals surface area contributed by atoms with Crippen molar-refractivity contribution in [1.29, 1.82) is 0 Å². The highest BCUT2D eigenvalue weighted by molar-refractivity contribution is 8.01. The van der Waals surface area contributed by atoms with Crippen LogP contribution in [0.15, 0.2) is 29.2 Å². The minimum atomic E-state index is -3.33. The Bertz CT molecular complexity index is 777. The van der Waals surface area contributed by atoms with Crippen LogP contribution in [-0.4, -0.2) is 48.1 Å². The number of thioether (sulfide) groups is 1. The fourth-order valence-corrected chi connectivity index (χ4v) is 5.14. The van der Waals surface area contributed by atoms with Gasteiger partial charge in [0.2, 0.25) is 11.8 Å². The van der Waals surface area contributed by atoms with E-state index in [0.29, 0.717) is 17.9 Å². The fraction of sp³-hybridized carbons (Fsp3) is 0.467. The number of nitrogens with one attached hydrogen (secondary N) is 1. The summed E-state index contributed by atoms with van der Waals surface area (Å²) in [6, 6.07) is 5.62. The number of hydrogen-bond acceptors (Lipinski definition) is 5. The summed E-state index contributed by atoms with van der Waals surface area (Å²) in [5, 5.41) is 2.74. The number of hydrogen-bond donors (Lipinski definition) is 1. The van der Waals surface area contributed by atoms with E-state index in [1.54, 1.807) is 28.8 Å². The van der Waals surface area contributed by atoms with E-state index in [4.69, 9.17) is 0 Å². The third-order valence-corrected chi connectivity index (χ3v) is 6.89. The molecule has 2 aliphatic rings. The molecule has 0 radical (unpaired) electrons. The number of amides is 2. The number of carbonyl (C=O) groups excluding carboxylic acids is 2. The van der Waals surface area contributed by atoms with Crippen LogP contribution in [0.3, 0.4) is 0 Å². The smallest absolute Gasteiger partial charge is 0.248 e. The van der Waals surface area contributed by atoms with Crippen molar-refractivity contribution in [2.75, 3.05) is 17.3 Å². The van der Waals surface area contributed by atoms with Crippen molar-refractivity contribution in [3.8, 4) is 0 Å². The Morgan fingerprint density at radius 2 is 2.17 bits per heavy atom. The van der Waals surface area contributed by atoms with Gasteiger partial charge in [-0.15, -0.1) is 11.8 Å². The largest absolute Gasteiger partial charge is 0.324 e. The van der Waals surface area contributed by atoms with Gasteiger partial charge in [-0.3, -0.25) is 9.59 Å². The van der Waals surface area contributed by atoms with Crippen LogP contribution in [0.2, 0.25) is 0 Å². The van der Waals surface area contributed by atoms with Crippen molar-refractivity contribution in [2.24, 2.45) is 0 Å². The van der Waals surface area contributed by atoms with E-state index < -0.39 is 15.9 Å². The van der Waals surface area contributed by atoms with Gasteiger partial charge in [0.05, 0.1) is 9.77 Å². The van der Waals surface area contributed by atoms with Gasteiger partial charge in [-0.1, -0.05) is 6.07 Å². The minimum Gasteiger partial charge on any atom is -0.324 e. The number of benzene rings is 1. The monoisotopic (exact) mass is 354 g/mol. The van der Waals surface area contributed by atoms with Crippen LogP contribution in [0.5, 0.6) is 0 Å². The van der Waals surface area contributed by atoms with Crippen LogP contribution in [0.4, 0.5) is 5.69 Å². The maximum Gasteiger partial charge on any atom is 0.248 e. The summed E-state index contributed by atoms with van der Waals surface area (Å²) in [6.45, 7) is 1.99. The number of sulfone groups is 1. The molecule has 2 unspecified atom stereocenters. The molecule has 2 heterocycles. The van der Waals surface area contributed by atoms with Crippen LogP contribution >= 0.6 is 11.8 Å². The molecule has 2 saturated heterocycles. The molecule has 2 aliphatic heterocycles. The Morgan fingerprint density at radius 3 is 2.87 bits per heavy atom. The minimum absolute atomic E-state index is 0.00235. The van der Waals surface area contributed by atoms with Gasteiger partial charge in [0, 0.05) is 24.1 Å². The second-order valence-electron chi connectivity index (χ2n) is 6.05. The molecule has 0 bridgehead atoms. The summed E-state index contributed by atoms with van der Waals surface area (Å²) in [6.07, 6.45) is 2.34. The predicted molar refractivity (Wildman–Crippen MR) is 88.9 cm³/mol. The lowest BCUT2D eigenvalue weighted by molar-refractivity contribution is -0.135. The van der Waals surface area contributed by atoms with E-state index >= 15 is 0 Å². The molecule has 0 spiro atoms. The highest BCUT2D eigenvalue weighted by Gasteiger charge is 2.52. The van der Waals surface area contributed by atoms with Gasteiger partial charge in [-0.2, -0.15) is 0 Å². The van der Waals surface area contributed by atoms with Crippen molar-refractivity contribution in [2.45, 2.75) is 35.6 Å². The van der Waals surface area contributed by atoms with E-state index in [1.165, 1.54) is 12.1 Å². The standard InChI is InChI=1S/C15H18N2O4S2/c1-15-7-6-13(18)17(15)12(9-22-15)14(19)16-10-4-3-5-11(8-10)23(2,20)21/h3-5,8,12H,6-7,9H2,1-2H3,(H,16,19). The Labute approximate surface area is 139 Å². The molecule has 0 aromatic heterocycles. The van der Waals surface area contributed by atoms with Crippen molar-refractivity contribution in [3.05, 3.63) is 24.3 Å². The maximum atomic E-state index is 12.5. The first kappa shape index (κ1) is 16.3. The number of nitrogens with zero attached hydrogens (tertiary/aromatic N) is 1. The summed E-state index contributed by atoms with van der Waals surface area (Å²) < 4.78 is 23.2. The van der Waals surface area contributed by atoms with Gasteiger partial charge in [-0.25, -0.2) is 8.42 Å². The third kappa shape index (κ3) is 2.97. The van der Waals surface area contributed by atoms with Crippen LogP contribution in [0.1, 0.15) is 19.8 Å². The molecule has 1 aromatic rings. The van der Waals surface area contributed by atoms with Gasteiger partial charge in [0.15, 0.2) is 9.84 Å². The highest BCUT2D eigenvalue weighted by atomic mass is 32.2. The van der Waals surface area contributed by atoms with E-state index in [0.717, 1.165) is 12.7 Å². The molecular weight excluding hydrogens is 336 g/mol. The lowest BCUT2D eigenvalue weighted by atomic mass is 10.2. The van der Waals surface area contributed by atoms with Crippen molar-refractivity contribution in [3.63, 3.8) is 0 Å². The first-order valence-electron chi connectivity index (χ1n) is 7.28. The molecule has 8 heteroatoms. The second-order valence-corrected chi connectivity index (χ2v) is 9.57. The predicted octanol–water partition coefficient (Wildman–Crippen LogP) is 1.48. The van der Waals surface area contributed by atoms with Gasteiger partial charge in [0.25, 0.3) is 0 Å². The van der Waals surface area contributed by atoms with Crippen molar-refractivity contribution in [1.82, 2.24) is 4.90 Å². The third-order valence-electron chi connectivity index (χ3n) is 4.28. The van der Waals surface area contributed by atoms with E-state index in [9.17, 15) is 18.0 Å². The first-order valence-corrected chi connectivity index (χ1v) is 10.2. The number of anilines is 1. The Kier molecular flexibility index (Phi) is 3.92. The Hall–Kier alpha value is -1.54. The number of fused-ring (bicyclic) bond motifs is 1.